The lowest BCUT2D eigenvalue weighted by atomic mass is 10.1. The first-order valence-corrected chi connectivity index (χ1v) is 8.99. The van der Waals surface area contributed by atoms with Crippen LogP contribution in [0.2, 0.25) is 0 Å². The summed E-state index contributed by atoms with van der Waals surface area (Å²) in [4.78, 5) is 24.5. The summed E-state index contributed by atoms with van der Waals surface area (Å²) >= 11 is 1.24. The summed E-state index contributed by atoms with van der Waals surface area (Å²) in [6.07, 6.45) is 0.606. The lowest BCUT2D eigenvalue weighted by Crippen LogP contribution is -2.55. The Hall–Kier alpha value is -2.11. The number of carbonyl (C=O) groups is 2. The molecule has 0 aliphatic carbocycles. The molecule has 5 heteroatoms. The van der Waals surface area contributed by atoms with Crippen molar-refractivity contribution in [3.05, 3.63) is 71.8 Å². The molecule has 0 saturated carbocycles. The molecule has 0 spiro atoms. The summed E-state index contributed by atoms with van der Waals surface area (Å²) in [5, 5.41) is 6.25. The number of thioether (sulfide) groups is 1. The van der Waals surface area contributed by atoms with Crippen molar-refractivity contribution in [3.8, 4) is 0 Å². The van der Waals surface area contributed by atoms with Gasteiger partial charge in [0.15, 0.2) is 0 Å². The predicted octanol–water partition coefficient (Wildman–Crippen LogP) is 2.15. The van der Waals surface area contributed by atoms with Crippen LogP contribution < -0.4 is 10.6 Å². The summed E-state index contributed by atoms with van der Waals surface area (Å²) in [6.45, 7) is 0.500. The van der Waals surface area contributed by atoms with E-state index < -0.39 is 0 Å². The molecule has 4 nitrogen and oxygen atoms in total. The number of carbonyl (C=O) groups excluding carboxylic acids is 2. The first-order valence-electron chi connectivity index (χ1n) is 8.00. The Labute approximate surface area is 146 Å². The maximum absolute atomic E-state index is 12.4. The average molecular weight is 340 g/mol. The molecule has 24 heavy (non-hydrogen) atoms. The summed E-state index contributed by atoms with van der Waals surface area (Å²) < 4.78 is 0. The van der Waals surface area contributed by atoms with Crippen molar-refractivity contribution in [1.82, 2.24) is 10.6 Å². The molecule has 0 unspecified atom stereocenters. The van der Waals surface area contributed by atoms with Crippen molar-refractivity contribution in [2.24, 2.45) is 0 Å². The van der Waals surface area contributed by atoms with E-state index in [1.807, 2.05) is 60.7 Å². The van der Waals surface area contributed by atoms with Gasteiger partial charge in [0, 0.05) is 12.3 Å². The van der Waals surface area contributed by atoms with Crippen LogP contribution in [-0.2, 0) is 22.6 Å². The number of hydrogen-bond acceptors (Lipinski definition) is 4. The molecule has 2 atom stereocenters. The quantitative estimate of drug-likeness (QED) is 0.876. The monoisotopic (exact) mass is 340 g/mol. The molecule has 2 aromatic rings. The Bertz CT molecular complexity index is 691. The lowest BCUT2D eigenvalue weighted by Gasteiger charge is -2.28. The number of amides is 1. The SMILES string of the molecule is O=C(NCc1ccccc1)[C@H]1CSC(=O)[C@@H](Cc2ccccc2)N1. The van der Waals surface area contributed by atoms with Crippen molar-refractivity contribution in [2.75, 3.05) is 5.75 Å². The second-order valence-corrected chi connectivity index (χ2v) is 6.82. The normalized spacial score (nSPS) is 20.6. The Morgan fingerprint density at radius 3 is 2.33 bits per heavy atom. The fourth-order valence-electron chi connectivity index (χ4n) is 2.68. The van der Waals surface area contributed by atoms with E-state index in [9.17, 15) is 9.59 Å². The highest BCUT2D eigenvalue weighted by Gasteiger charge is 2.32. The van der Waals surface area contributed by atoms with Crippen molar-refractivity contribution in [3.63, 3.8) is 0 Å². The fraction of sp³-hybridized carbons (Fsp3) is 0.263. The van der Waals surface area contributed by atoms with E-state index in [0.29, 0.717) is 18.7 Å². The Kier molecular flexibility index (Phi) is 5.67. The Morgan fingerprint density at radius 2 is 1.67 bits per heavy atom. The second-order valence-electron chi connectivity index (χ2n) is 5.80. The van der Waals surface area contributed by atoms with Crippen LogP contribution in [-0.4, -0.2) is 28.9 Å². The molecule has 0 aromatic heterocycles. The van der Waals surface area contributed by atoms with Gasteiger partial charge in [0.25, 0.3) is 0 Å². The minimum Gasteiger partial charge on any atom is -0.351 e. The summed E-state index contributed by atoms with van der Waals surface area (Å²) in [6, 6.07) is 19.0. The van der Waals surface area contributed by atoms with Crippen LogP contribution in [0, 0.1) is 0 Å². The predicted molar refractivity (Wildman–Crippen MR) is 96.6 cm³/mol. The van der Waals surface area contributed by atoms with Gasteiger partial charge in [0.2, 0.25) is 11.0 Å². The molecule has 1 aliphatic heterocycles. The number of benzene rings is 2. The second kappa shape index (κ2) is 8.13. The largest absolute Gasteiger partial charge is 0.351 e. The van der Waals surface area contributed by atoms with Crippen molar-refractivity contribution in [1.29, 1.82) is 0 Å². The molecular weight excluding hydrogens is 320 g/mol. The topological polar surface area (TPSA) is 58.2 Å². The van der Waals surface area contributed by atoms with Gasteiger partial charge in [-0.3, -0.25) is 14.9 Å². The third-order valence-corrected chi connectivity index (χ3v) is 5.06. The van der Waals surface area contributed by atoms with Gasteiger partial charge in [-0.2, -0.15) is 0 Å². The summed E-state index contributed by atoms with van der Waals surface area (Å²) in [7, 11) is 0. The van der Waals surface area contributed by atoms with Gasteiger partial charge in [-0.05, 0) is 17.5 Å². The average Bonchev–Trinajstić information content (AvgIpc) is 2.63. The van der Waals surface area contributed by atoms with Gasteiger partial charge in [-0.25, -0.2) is 0 Å². The van der Waals surface area contributed by atoms with Crippen LogP contribution in [0.5, 0.6) is 0 Å². The molecule has 0 radical (unpaired) electrons. The van der Waals surface area contributed by atoms with E-state index >= 15 is 0 Å². The van der Waals surface area contributed by atoms with Gasteiger partial charge in [-0.1, -0.05) is 72.4 Å². The number of rotatable bonds is 5. The highest BCUT2D eigenvalue weighted by atomic mass is 32.2. The third kappa shape index (κ3) is 4.46. The van der Waals surface area contributed by atoms with Crippen LogP contribution >= 0.6 is 11.8 Å². The third-order valence-electron chi connectivity index (χ3n) is 3.99. The van der Waals surface area contributed by atoms with E-state index in [1.165, 1.54) is 11.8 Å². The van der Waals surface area contributed by atoms with E-state index in [1.54, 1.807) is 0 Å². The minimum absolute atomic E-state index is 0.0584. The molecule has 124 valence electrons. The molecule has 2 N–H and O–H groups in total. The first kappa shape index (κ1) is 16.7. The van der Waals surface area contributed by atoms with E-state index in [4.69, 9.17) is 0 Å². The van der Waals surface area contributed by atoms with Crippen molar-refractivity contribution >= 4 is 22.8 Å². The molecule has 3 rings (SSSR count). The summed E-state index contributed by atoms with van der Waals surface area (Å²) in [5.41, 5.74) is 2.15. The smallest absolute Gasteiger partial charge is 0.238 e. The lowest BCUT2D eigenvalue weighted by molar-refractivity contribution is -0.123. The number of hydrogen-bond donors (Lipinski definition) is 2. The summed E-state index contributed by atoms with van der Waals surface area (Å²) in [5.74, 6) is 0.419. The van der Waals surface area contributed by atoms with Gasteiger partial charge in [0.1, 0.15) is 0 Å². The zero-order chi connectivity index (χ0) is 16.8. The zero-order valence-electron chi connectivity index (χ0n) is 13.3. The first-order chi connectivity index (χ1) is 11.7. The van der Waals surface area contributed by atoms with Crippen LogP contribution in [0.3, 0.4) is 0 Å². The molecule has 0 bridgehead atoms. The van der Waals surface area contributed by atoms with Gasteiger partial charge in [-0.15, -0.1) is 0 Å². The van der Waals surface area contributed by atoms with Gasteiger partial charge in [0.05, 0.1) is 12.1 Å². The van der Waals surface area contributed by atoms with Crippen LogP contribution in [0.1, 0.15) is 11.1 Å². The Morgan fingerprint density at radius 1 is 1.04 bits per heavy atom. The van der Waals surface area contributed by atoms with E-state index in [2.05, 4.69) is 10.6 Å². The minimum atomic E-state index is -0.342. The molecule has 1 fully saturated rings. The van der Waals surface area contributed by atoms with E-state index in [-0.39, 0.29) is 23.1 Å². The molecule has 1 saturated heterocycles. The molecule has 1 heterocycles. The molecule has 1 amide bonds. The Balaban J connectivity index is 1.56. The van der Waals surface area contributed by atoms with Crippen LogP contribution in [0.15, 0.2) is 60.7 Å². The molecule has 1 aliphatic rings. The highest BCUT2D eigenvalue weighted by Crippen LogP contribution is 2.18. The van der Waals surface area contributed by atoms with Gasteiger partial charge >= 0.3 is 0 Å². The standard InChI is InChI=1S/C19H20N2O2S/c22-18(20-12-15-9-5-2-6-10-15)17-13-24-19(23)16(21-17)11-14-7-3-1-4-8-14/h1-10,16-17,21H,11-13H2,(H,20,22)/t16-,17-/m1/s1. The maximum Gasteiger partial charge on any atom is 0.238 e. The number of nitrogens with one attached hydrogen (secondary N) is 2. The van der Waals surface area contributed by atoms with Crippen molar-refractivity contribution in [2.45, 2.75) is 25.0 Å². The maximum atomic E-state index is 12.4. The van der Waals surface area contributed by atoms with Gasteiger partial charge < -0.3 is 5.32 Å². The molecular formula is C19H20N2O2S. The van der Waals surface area contributed by atoms with E-state index in [0.717, 1.165) is 11.1 Å². The van der Waals surface area contributed by atoms with Crippen LogP contribution in [0.4, 0.5) is 0 Å². The van der Waals surface area contributed by atoms with Crippen molar-refractivity contribution < 1.29 is 9.59 Å². The zero-order valence-corrected chi connectivity index (χ0v) is 14.1. The highest BCUT2D eigenvalue weighted by molar-refractivity contribution is 8.13. The molecule has 2 aromatic carbocycles. The fourth-order valence-corrected chi connectivity index (χ4v) is 3.61. The van der Waals surface area contributed by atoms with Crippen LogP contribution in [0.25, 0.3) is 0 Å².